The van der Waals surface area contributed by atoms with Crippen molar-refractivity contribution in [3.8, 4) is 0 Å². The molecule has 0 saturated carbocycles. The van der Waals surface area contributed by atoms with Gasteiger partial charge in [0.15, 0.2) is 0 Å². The van der Waals surface area contributed by atoms with Gasteiger partial charge in [-0.3, -0.25) is 0 Å². The van der Waals surface area contributed by atoms with E-state index in [-0.39, 0.29) is 0 Å². The Balaban J connectivity index is 1.89. The molecule has 0 saturated heterocycles. The second-order valence-corrected chi connectivity index (χ2v) is 6.76. The minimum absolute atomic E-state index is 1.18. The molecule has 0 heterocycles. The Morgan fingerprint density at radius 1 is 0.545 bits per heavy atom. The van der Waals surface area contributed by atoms with E-state index in [4.69, 9.17) is 0 Å². The van der Waals surface area contributed by atoms with Crippen LogP contribution in [0.15, 0.2) is 24.3 Å². The lowest BCUT2D eigenvalue weighted by molar-refractivity contribution is 0.544. The van der Waals surface area contributed by atoms with Crippen molar-refractivity contribution in [2.75, 3.05) is 0 Å². The predicted octanol–water partition coefficient (Wildman–Crippen LogP) is 7.49. The maximum Gasteiger partial charge on any atom is -0.0276 e. The highest BCUT2D eigenvalue weighted by Gasteiger charge is 1.99. The van der Waals surface area contributed by atoms with Gasteiger partial charge in [0.25, 0.3) is 0 Å². The molecular formula is C22H38. The summed E-state index contributed by atoms with van der Waals surface area (Å²) in [5, 5.41) is 0. The zero-order valence-corrected chi connectivity index (χ0v) is 15.2. The number of rotatable bonds is 14. The van der Waals surface area contributed by atoms with Crippen LogP contribution >= 0.6 is 0 Å². The molecule has 0 nitrogen and oxygen atoms in total. The van der Waals surface area contributed by atoms with E-state index in [1.807, 2.05) is 0 Å². The quantitative estimate of drug-likeness (QED) is 0.312. The summed E-state index contributed by atoms with van der Waals surface area (Å²) in [7, 11) is 0. The highest BCUT2D eigenvalue weighted by Crippen LogP contribution is 2.15. The molecule has 1 rings (SSSR count). The standard InChI is InChI=1S/C22H38/c1-3-5-6-7-8-9-10-11-12-13-14-15-19-22-20-17-16-18-21(22)4-2/h16-18,20H,3-15,19H2,1-2H3. The number of aryl methyl sites for hydroxylation is 2. The monoisotopic (exact) mass is 302 g/mol. The van der Waals surface area contributed by atoms with Crippen LogP contribution in [0.4, 0.5) is 0 Å². The van der Waals surface area contributed by atoms with Crippen LogP contribution in [0.5, 0.6) is 0 Å². The lowest BCUT2D eigenvalue weighted by Crippen LogP contribution is -1.92. The first-order valence-corrected chi connectivity index (χ1v) is 9.95. The molecule has 0 spiro atoms. The van der Waals surface area contributed by atoms with Gasteiger partial charge in [0, 0.05) is 0 Å². The van der Waals surface area contributed by atoms with Crippen molar-refractivity contribution in [2.45, 2.75) is 104 Å². The molecular weight excluding hydrogens is 264 g/mol. The number of benzene rings is 1. The lowest BCUT2D eigenvalue weighted by Gasteiger charge is -2.07. The van der Waals surface area contributed by atoms with Gasteiger partial charge in [-0.05, 0) is 30.4 Å². The van der Waals surface area contributed by atoms with E-state index in [1.165, 1.54) is 89.9 Å². The lowest BCUT2D eigenvalue weighted by atomic mass is 9.99. The average Bonchev–Trinajstić information content (AvgIpc) is 2.56. The topological polar surface area (TPSA) is 0 Å². The summed E-state index contributed by atoms with van der Waals surface area (Å²) in [5.74, 6) is 0. The maximum absolute atomic E-state index is 2.32. The largest absolute Gasteiger partial charge is 0.0654 e. The first kappa shape index (κ1) is 19.3. The van der Waals surface area contributed by atoms with Gasteiger partial charge in [-0.2, -0.15) is 0 Å². The highest BCUT2D eigenvalue weighted by molar-refractivity contribution is 5.26. The Morgan fingerprint density at radius 2 is 1.00 bits per heavy atom. The van der Waals surface area contributed by atoms with E-state index in [2.05, 4.69) is 38.1 Å². The summed E-state index contributed by atoms with van der Waals surface area (Å²) in [4.78, 5) is 0. The molecule has 0 radical (unpaired) electrons. The van der Waals surface area contributed by atoms with Crippen LogP contribution in [0.1, 0.15) is 102 Å². The molecule has 0 aliphatic carbocycles. The highest BCUT2D eigenvalue weighted by atomic mass is 14.0. The summed E-state index contributed by atoms with van der Waals surface area (Å²) < 4.78 is 0. The third-order valence-corrected chi connectivity index (χ3v) is 4.80. The van der Waals surface area contributed by atoms with Gasteiger partial charge >= 0.3 is 0 Å². The predicted molar refractivity (Wildman–Crippen MR) is 101 cm³/mol. The van der Waals surface area contributed by atoms with Crippen molar-refractivity contribution < 1.29 is 0 Å². The zero-order chi connectivity index (χ0) is 15.9. The number of hydrogen-bond donors (Lipinski definition) is 0. The van der Waals surface area contributed by atoms with E-state index in [0.29, 0.717) is 0 Å². The maximum atomic E-state index is 2.32. The smallest absolute Gasteiger partial charge is 0.0276 e. The molecule has 0 aliphatic heterocycles. The van der Waals surface area contributed by atoms with Gasteiger partial charge in [0.1, 0.15) is 0 Å². The Kier molecular flexibility index (Phi) is 12.1. The first-order valence-electron chi connectivity index (χ1n) is 9.95. The van der Waals surface area contributed by atoms with Crippen molar-refractivity contribution >= 4 is 0 Å². The average molecular weight is 303 g/mol. The van der Waals surface area contributed by atoms with Gasteiger partial charge in [0.2, 0.25) is 0 Å². The molecule has 0 unspecified atom stereocenters. The van der Waals surface area contributed by atoms with Crippen LogP contribution in [0.25, 0.3) is 0 Å². The minimum atomic E-state index is 1.18. The molecule has 0 bridgehead atoms. The molecule has 0 fully saturated rings. The zero-order valence-electron chi connectivity index (χ0n) is 15.2. The Bertz CT molecular complexity index is 353. The van der Waals surface area contributed by atoms with E-state index >= 15 is 0 Å². The van der Waals surface area contributed by atoms with Gasteiger partial charge in [0.05, 0.1) is 0 Å². The van der Waals surface area contributed by atoms with Gasteiger partial charge in [-0.15, -0.1) is 0 Å². The molecule has 0 heteroatoms. The number of hydrogen-bond acceptors (Lipinski definition) is 0. The van der Waals surface area contributed by atoms with Crippen molar-refractivity contribution in [3.05, 3.63) is 35.4 Å². The summed E-state index contributed by atoms with van der Waals surface area (Å²) in [6.45, 7) is 4.56. The minimum Gasteiger partial charge on any atom is -0.0654 e. The summed E-state index contributed by atoms with van der Waals surface area (Å²) in [6, 6.07) is 8.97. The van der Waals surface area contributed by atoms with Gasteiger partial charge < -0.3 is 0 Å². The summed E-state index contributed by atoms with van der Waals surface area (Å²) >= 11 is 0. The van der Waals surface area contributed by atoms with Crippen LogP contribution in [0.2, 0.25) is 0 Å². The van der Waals surface area contributed by atoms with E-state index in [1.54, 1.807) is 11.1 Å². The van der Waals surface area contributed by atoms with Crippen molar-refractivity contribution in [2.24, 2.45) is 0 Å². The number of unbranched alkanes of at least 4 members (excludes halogenated alkanes) is 11. The second-order valence-electron chi connectivity index (χ2n) is 6.76. The molecule has 0 amide bonds. The molecule has 1 aromatic carbocycles. The van der Waals surface area contributed by atoms with Gasteiger partial charge in [-0.25, -0.2) is 0 Å². The Morgan fingerprint density at radius 3 is 1.50 bits per heavy atom. The summed E-state index contributed by atoms with van der Waals surface area (Å²) in [5.41, 5.74) is 3.13. The van der Waals surface area contributed by atoms with Crippen molar-refractivity contribution in [1.82, 2.24) is 0 Å². The Labute approximate surface area is 139 Å². The van der Waals surface area contributed by atoms with Gasteiger partial charge in [-0.1, -0.05) is 109 Å². The summed E-state index contributed by atoms with van der Waals surface area (Å²) in [6.07, 6.45) is 19.7. The molecule has 126 valence electrons. The van der Waals surface area contributed by atoms with E-state index < -0.39 is 0 Å². The van der Waals surface area contributed by atoms with Crippen LogP contribution < -0.4 is 0 Å². The fraction of sp³-hybridized carbons (Fsp3) is 0.727. The van der Waals surface area contributed by atoms with Crippen LogP contribution in [0.3, 0.4) is 0 Å². The van der Waals surface area contributed by atoms with Crippen LogP contribution in [-0.4, -0.2) is 0 Å². The van der Waals surface area contributed by atoms with Crippen LogP contribution in [-0.2, 0) is 12.8 Å². The first-order chi connectivity index (χ1) is 10.9. The molecule has 0 atom stereocenters. The fourth-order valence-electron chi connectivity index (χ4n) is 3.30. The SMILES string of the molecule is CCCCCCCCCCCCCCc1ccccc1CC. The van der Waals surface area contributed by atoms with Crippen LogP contribution in [0, 0.1) is 0 Å². The Hall–Kier alpha value is -0.780. The fourth-order valence-corrected chi connectivity index (χ4v) is 3.30. The van der Waals surface area contributed by atoms with E-state index in [9.17, 15) is 0 Å². The van der Waals surface area contributed by atoms with Crippen molar-refractivity contribution in [1.29, 1.82) is 0 Å². The molecule has 0 aliphatic rings. The molecule has 0 N–H and O–H groups in total. The third-order valence-electron chi connectivity index (χ3n) is 4.80. The molecule has 0 aromatic heterocycles. The normalized spacial score (nSPS) is 11.0. The second kappa shape index (κ2) is 13.9. The molecule has 1 aromatic rings. The van der Waals surface area contributed by atoms with E-state index in [0.717, 1.165) is 0 Å². The third kappa shape index (κ3) is 9.28. The molecule has 22 heavy (non-hydrogen) atoms. The van der Waals surface area contributed by atoms with Crippen molar-refractivity contribution in [3.63, 3.8) is 0 Å².